The number of aromatic nitrogens is 1. The topological polar surface area (TPSA) is 37.0 Å². The average Bonchev–Trinajstić information content (AvgIpc) is 3.22. The standard InChI is InChI=1S/C19H19N3S/c1-2-5-14(6-3-1)11-20-12-17-18(15-8-10-23-13-15)16-7-4-9-21-19(16)22-17/h1-10,13,17-18,20H,11-12H2,(H,21,22). The van der Waals surface area contributed by atoms with Crippen LogP contribution in [-0.4, -0.2) is 17.6 Å². The maximum atomic E-state index is 4.50. The quantitative estimate of drug-likeness (QED) is 0.749. The van der Waals surface area contributed by atoms with Crippen molar-refractivity contribution in [3.05, 3.63) is 82.2 Å². The predicted molar refractivity (Wildman–Crippen MR) is 96.0 cm³/mol. The zero-order chi connectivity index (χ0) is 15.5. The van der Waals surface area contributed by atoms with Gasteiger partial charge in [-0.3, -0.25) is 0 Å². The summed E-state index contributed by atoms with van der Waals surface area (Å²) in [6.45, 7) is 1.80. The summed E-state index contributed by atoms with van der Waals surface area (Å²) in [5.74, 6) is 1.39. The maximum Gasteiger partial charge on any atom is 0.130 e. The summed E-state index contributed by atoms with van der Waals surface area (Å²) in [6, 6.07) is 17.3. The lowest BCUT2D eigenvalue weighted by atomic mass is 9.90. The summed E-state index contributed by atoms with van der Waals surface area (Å²) in [5, 5.41) is 11.6. The van der Waals surface area contributed by atoms with Crippen molar-refractivity contribution in [1.29, 1.82) is 0 Å². The summed E-state index contributed by atoms with van der Waals surface area (Å²) >= 11 is 1.76. The molecule has 0 bridgehead atoms. The number of rotatable bonds is 5. The van der Waals surface area contributed by atoms with Gasteiger partial charge in [0.15, 0.2) is 0 Å². The molecule has 4 heteroatoms. The van der Waals surface area contributed by atoms with E-state index in [1.165, 1.54) is 16.7 Å². The summed E-state index contributed by atoms with van der Waals surface area (Å²) in [5.41, 5.74) is 3.99. The van der Waals surface area contributed by atoms with Crippen LogP contribution in [0.25, 0.3) is 0 Å². The van der Waals surface area contributed by atoms with Crippen molar-refractivity contribution in [3.63, 3.8) is 0 Å². The molecule has 1 aromatic carbocycles. The Bertz CT molecular complexity index is 755. The minimum atomic E-state index is 0.332. The lowest BCUT2D eigenvalue weighted by Crippen LogP contribution is -2.34. The molecular weight excluding hydrogens is 302 g/mol. The van der Waals surface area contributed by atoms with Gasteiger partial charge in [-0.2, -0.15) is 11.3 Å². The molecule has 2 aromatic heterocycles. The van der Waals surface area contributed by atoms with Crippen LogP contribution in [0.2, 0.25) is 0 Å². The molecule has 3 nitrogen and oxygen atoms in total. The summed E-state index contributed by atoms with van der Waals surface area (Å²) in [6.07, 6.45) is 1.86. The third-order valence-corrected chi connectivity index (χ3v) is 5.04. The van der Waals surface area contributed by atoms with Gasteiger partial charge in [-0.15, -0.1) is 0 Å². The fraction of sp³-hybridized carbons (Fsp3) is 0.211. The molecule has 0 fully saturated rings. The van der Waals surface area contributed by atoms with Gasteiger partial charge < -0.3 is 10.6 Å². The first kappa shape index (κ1) is 14.4. The number of thiophene rings is 1. The van der Waals surface area contributed by atoms with Gasteiger partial charge in [0, 0.05) is 30.8 Å². The largest absolute Gasteiger partial charge is 0.365 e. The van der Waals surface area contributed by atoms with Crippen LogP contribution in [0, 0.1) is 0 Å². The highest BCUT2D eigenvalue weighted by Gasteiger charge is 2.33. The van der Waals surface area contributed by atoms with Crippen molar-refractivity contribution in [2.75, 3.05) is 11.9 Å². The van der Waals surface area contributed by atoms with Gasteiger partial charge in [0.25, 0.3) is 0 Å². The van der Waals surface area contributed by atoms with E-state index in [1.807, 2.05) is 12.3 Å². The van der Waals surface area contributed by atoms with E-state index in [2.05, 4.69) is 68.8 Å². The monoisotopic (exact) mass is 321 g/mol. The van der Waals surface area contributed by atoms with E-state index in [4.69, 9.17) is 0 Å². The van der Waals surface area contributed by atoms with Crippen molar-refractivity contribution in [1.82, 2.24) is 10.3 Å². The molecular formula is C19H19N3S. The first-order valence-electron chi connectivity index (χ1n) is 7.90. The highest BCUT2D eigenvalue weighted by molar-refractivity contribution is 7.08. The van der Waals surface area contributed by atoms with E-state index in [0.717, 1.165) is 18.9 Å². The molecule has 1 aliphatic heterocycles. The zero-order valence-corrected chi connectivity index (χ0v) is 13.6. The zero-order valence-electron chi connectivity index (χ0n) is 12.8. The van der Waals surface area contributed by atoms with Crippen molar-refractivity contribution >= 4 is 17.2 Å². The second-order valence-corrected chi connectivity index (χ2v) is 6.62. The normalized spacial score (nSPS) is 19.3. The van der Waals surface area contributed by atoms with Crippen molar-refractivity contribution in [3.8, 4) is 0 Å². The van der Waals surface area contributed by atoms with Crippen molar-refractivity contribution < 1.29 is 0 Å². The number of pyridine rings is 1. The van der Waals surface area contributed by atoms with Crippen LogP contribution in [0.15, 0.2) is 65.5 Å². The molecule has 4 rings (SSSR count). The second kappa shape index (κ2) is 6.52. The molecule has 2 unspecified atom stereocenters. The number of benzene rings is 1. The minimum Gasteiger partial charge on any atom is -0.365 e. The Morgan fingerprint density at radius 2 is 2.00 bits per heavy atom. The lowest BCUT2D eigenvalue weighted by Gasteiger charge is -2.20. The first-order chi connectivity index (χ1) is 11.4. The van der Waals surface area contributed by atoms with Crippen molar-refractivity contribution in [2.24, 2.45) is 0 Å². The highest BCUT2D eigenvalue weighted by Crippen LogP contribution is 2.39. The van der Waals surface area contributed by atoms with Gasteiger partial charge >= 0.3 is 0 Å². The van der Waals surface area contributed by atoms with E-state index < -0.39 is 0 Å². The van der Waals surface area contributed by atoms with Crippen molar-refractivity contribution in [2.45, 2.75) is 18.5 Å². The molecule has 116 valence electrons. The van der Waals surface area contributed by atoms with E-state index >= 15 is 0 Å². The summed E-state index contributed by atoms with van der Waals surface area (Å²) in [4.78, 5) is 4.50. The van der Waals surface area contributed by atoms with E-state index in [-0.39, 0.29) is 0 Å². The minimum absolute atomic E-state index is 0.332. The van der Waals surface area contributed by atoms with Crippen LogP contribution < -0.4 is 10.6 Å². The Morgan fingerprint density at radius 3 is 2.83 bits per heavy atom. The van der Waals surface area contributed by atoms with E-state index in [9.17, 15) is 0 Å². The van der Waals surface area contributed by atoms with Gasteiger partial charge in [-0.1, -0.05) is 36.4 Å². The van der Waals surface area contributed by atoms with Crippen LogP contribution in [-0.2, 0) is 6.54 Å². The van der Waals surface area contributed by atoms with E-state index in [0.29, 0.717) is 12.0 Å². The number of hydrogen-bond donors (Lipinski definition) is 2. The number of nitrogens with one attached hydrogen (secondary N) is 2. The fourth-order valence-electron chi connectivity index (χ4n) is 3.27. The predicted octanol–water partition coefficient (Wildman–Crippen LogP) is 3.86. The molecule has 3 heterocycles. The highest BCUT2D eigenvalue weighted by atomic mass is 32.1. The van der Waals surface area contributed by atoms with Crippen LogP contribution in [0.5, 0.6) is 0 Å². The Hall–Kier alpha value is -2.17. The van der Waals surface area contributed by atoms with Gasteiger partial charge in [-0.25, -0.2) is 4.98 Å². The Kier molecular flexibility index (Phi) is 4.09. The number of anilines is 1. The third kappa shape index (κ3) is 3.00. The molecule has 2 atom stereocenters. The summed E-state index contributed by atoms with van der Waals surface area (Å²) < 4.78 is 0. The second-order valence-electron chi connectivity index (χ2n) is 5.84. The van der Waals surface area contributed by atoms with Crippen LogP contribution in [0.1, 0.15) is 22.6 Å². The van der Waals surface area contributed by atoms with E-state index in [1.54, 1.807) is 11.3 Å². The van der Waals surface area contributed by atoms with Gasteiger partial charge in [0.05, 0.1) is 6.04 Å². The molecule has 0 amide bonds. The molecule has 1 aliphatic rings. The van der Waals surface area contributed by atoms with Crippen LogP contribution in [0.3, 0.4) is 0 Å². The van der Waals surface area contributed by atoms with Crippen LogP contribution in [0.4, 0.5) is 5.82 Å². The van der Waals surface area contributed by atoms with Gasteiger partial charge in [0.1, 0.15) is 5.82 Å². The Balaban J connectivity index is 1.49. The molecule has 0 saturated heterocycles. The molecule has 2 N–H and O–H groups in total. The summed E-state index contributed by atoms with van der Waals surface area (Å²) in [7, 11) is 0. The molecule has 0 radical (unpaired) electrons. The molecule has 0 saturated carbocycles. The molecule has 3 aromatic rings. The molecule has 23 heavy (non-hydrogen) atoms. The molecule has 0 aliphatic carbocycles. The van der Waals surface area contributed by atoms with Gasteiger partial charge in [0.2, 0.25) is 0 Å². The Morgan fingerprint density at radius 1 is 1.09 bits per heavy atom. The smallest absolute Gasteiger partial charge is 0.130 e. The van der Waals surface area contributed by atoms with Crippen LogP contribution >= 0.6 is 11.3 Å². The lowest BCUT2D eigenvalue weighted by molar-refractivity contribution is 0.577. The number of hydrogen-bond acceptors (Lipinski definition) is 4. The third-order valence-electron chi connectivity index (χ3n) is 4.34. The SMILES string of the molecule is c1ccc(CNCC2Nc3ncccc3C2c2ccsc2)cc1. The molecule has 0 spiro atoms. The fourth-order valence-corrected chi connectivity index (χ4v) is 3.96. The Labute approximate surface area is 140 Å². The number of fused-ring (bicyclic) bond motifs is 1. The van der Waals surface area contributed by atoms with Gasteiger partial charge in [-0.05, 0) is 34.0 Å². The number of nitrogens with zero attached hydrogens (tertiary/aromatic N) is 1. The maximum absolute atomic E-state index is 4.50. The average molecular weight is 321 g/mol. The first-order valence-corrected chi connectivity index (χ1v) is 8.84.